The SMILES string of the molecule is CC(C)CC(=O)N(CC(=O)N(Cc1cccn1Cc1ccccc1Cl)C1CCCCC1)C(C)C. The molecule has 1 aromatic carbocycles. The van der Waals surface area contributed by atoms with Crippen molar-refractivity contribution in [2.45, 2.75) is 91.4 Å². The third-order valence-electron chi connectivity index (χ3n) is 6.72. The fourth-order valence-corrected chi connectivity index (χ4v) is 5.00. The number of aromatic nitrogens is 1. The molecule has 0 unspecified atom stereocenters. The van der Waals surface area contributed by atoms with Gasteiger partial charge in [-0.1, -0.05) is 62.9 Å². The van der Waals surface area contributed by atoms with Gasteiger partial charge in [0, 0.05) is 42.0 Å². The summed E-state index contributed by atoms with van der Waals surface area (Å²) in [6.07, 6.45) is 8.10. The molecule has 2 amide bonds. The first-order chi connectivity index (χ1) is 16.3. The molecule has 0 N–H and O–H groups in total. The Hall–Kier alpha value is -2.27. The predicted molar refractivity (Wildman–Crippen MR) is 139 cm³/mol. The lowest BCUT2D eigenvalue weighted by Gasteiger charge is -2.37. The van der Waals surface area contributed by atoms with Crippen molar-refractivity contribution in [2.24, 2.45) is 5.92 Å². The molecule has 5 nitrogen and oxygen atoms in total. The summed E-state index contributed by atoms with van der Waals surface area (Å²) in [5.74, 6) is 0.374. The highest BCUT2D eigenvalue weighted by Gasteiger charge is 2.29. The first-order valence-corrected chi connectivity index (χ1v) is 13.1. The van der Waals surface area contributed by atoms with Gasteiger partial charge in [0.25, 0.3) is 0 Å². The van der Waals surface area contributed by atoms with Crippen LogP contribution in [0.15, 0.2) is 42.6 Å². The van der Waals surface area contributed by atoms with E-state index in [1.165, 1.54) is 6.42 Å². The van der Waals surface area contributed by atoms with Gasteiger partial charge in [-0.2, -0.15) is 0 Å². The third-order valence-corrected chi connectivity index (χ3v) is 7.09. The maximum Gasteiger partial charge on any atom is 0.242 e. The lowest BCUT2D eigenvalue weighted by Crippen LogP contribution is -2.49. The number of nitrogens with zero attached hydrogens (tertiary/aromatic N) is 3. The molecule has 1 saturated carbocycles. The molecule has 34 heavy (non-hydrogen) atoms. The van der Waals surface area contributed by atoms with Crippen molar-refractivity contribution in [3.63, 3.8) is 0 Å². The minimum absolute atomic E-state index is 0.00695. The minimum Gasteiger partial charge on any atom is -0.345 e. The molecule has 6 heteroatoms. The van der Waals surface area contributed by atoms with Crippen LogP contribution >= 0.6 is 11.6 Å². The van der Waals surface area contributed by atoms with Crippen LogP contribution in [0, 0.1) is 5.92 Å². The summed E-state index contributed by atoms with van der Waals surface area (Å²) in [5.41, 5.74) is 2.14. The van der Waals surface area contributed by atoms with Crippen molar-refractivity contribution in [2.75, 3.05) is 6.54 Å². The van der Waals surface area contributed by atoms with Gasteiger partial charge in [0.05, 0.1) is 13.1 Å². The molecule has 0 bridgehead atoms. The van der Waals surface area contributed by atoms with Gasteiger partial charge in [-0.15, -0.1) is 0 Å². The highest BCUT2D eigenvalue weighted by molar-refractivity contribution is 6.31. The maximum absolute atomic E-state index is 13.7. The van der Waals surface area contributed by atoms with E-state index in [2.05, 4.69) is 16.8 Å². The number of hydrogen-bond acceptors (Lipinski definition) is 2. The molecular formula is C28H40ClN3O2. The van der Waals surface area contributed by atoms with Crippen molar-refractivity contribution in [3.8, 4) is 0 Å². The van der Waals surface area contributed by atoms with E-state index < -0.39 is 0 Å². The summed E-state index contributed by atoms with van der Waals surface area (Å²) in [4.78, 5) is 30.4. The van der Waals surface area contributed by atoms with Gasteiger partial charge < -0.3 is 14.4 Å². The Kier molecular flexibility index (Phi) is 9.63. The number of rotatable bonds is 10. The van der Waals surface area contributed by atoms with E-state index in [4.69, 9.17) is 11.6 Å². The first-order valence-electron chi connectivity index (χ1n) is 12.7. The van der Waals surface area contributed by atoms with E-state index in [0.717, 1.165) is 42.0 Å². The second kappa shape index (κ2) is 12.4. The van der Waals surface area contributed by atoms with E-state index in [-0.39, 0.29) is 36.4 Å². The van der Waals surface area contributed by atoms with Crippen LogP contribution in [0.3, 0.4) is 0 Å². The van der Waals surface area contributed by atoms with Crippen LogP contribution in [0.25, 0.3) is 0 Å². The smallest absolute Gasteiger partial charge is 0.242 e. The number of amides is 2. The van der Waals surface area contributed by atoms with E-state index >= 15 is 0 Å². The molecule has 3 rings (SSSR count). The van der Waals surface area contributed by atoms with Crippen molar-refractivity contribution < 1.29 is 9.59 Å². The molecular weight excluding hydrogens is 446 g/mol. The van der Waals surface area contributed by atoms with Crippen LogP contribution in [0.2, 0.25) is 5.02 Å². The van der Waals surface area contributed by atoms with Gasteiger partial charge >= 0.3 is 0 Å². The second-order valence-electron chi connectivity index (χ2n) is 10.2. The van der Waals surface area contributed by atoms with Crippen molar-refractivity contribution >= 4 is 23.4 Å². The van der Waals surface area contributed by atoms with Gasteiger partial charge in [0.15, 0.2) is 0 Å². The normalized spacial score (nSPS) is 14.6. The Morgan fingerprint density at radius 3 is 2.35 bits per heavy atom. The molecule has 1 aliphatic rings. The maximum atomic E-state index is 13.7. The Balaban J connectivity index is 1.80. The summed E-state index contributed by atoms with van der Waals surface area (Å²) >= 11 is 6.41. The number of carbonyl (C=O) groups excluding carboxylic acids is 2. The van der Waals surface area contributed by atoms with Gasteiger partial charge in [-0.05, 0) is 56.4 Å². The Morgan fingerprint density at radius 1 is 1.00 bits per heavy atom. The number of carbonyl (C=O) groups is 2. The second-order valence-corrected chi connectivity index (χ2v) is 10.7. The number of halogens is 1. The molecule has 0 saturated heterocycles. The quantitative estimate of drug-likeness (QED) is 0.406. The van der Waals surface area contributed by atoms with Crippen molar-refractivity contribution in [1.29, 1.82) is 0 Å². The monoisotopic (exact) mass is 485 g/mol. The van der Waals surface area contributed by atoms with Gasteiger partial charge in [0.2, 0.25) is 11.8 Å². The zero-order valence-corrected chi connectivity index (χ0v) is 21.9. The summed E-state index contributed by atoms with van der Waals surface area (Å²) in [6.45, 7) is 9.42. The fourth-order valence-electron chi connectivity index (χ4n) is 4.81. The summed E-state index contributed by atoms with van der Waals surface area (Å²) in [7, 11) is 0. The Labute approximate surface area is 210 Å². The molecule has 1 aromatic heterocycles. The van der Waals surface area contributed by atoms with Crippen LogP contribution in [0.4, 0.5) is 0 Å². The van der Waals surface area contributed by atoms with Gasteiger partial charge in [0.1, 0.15) is 0 Å². The summed E-state index contributed by atoms with van der Waals surface area (Å²) < 4.78 is 2.18. The average molecular weight is 486 g/mol. The molecule has 0 radical (unpaired) electrons. The van der Waals surface area contributed by atoms with Crippen LogP contribution < -0.4 is 0 Å². The Bertz CT molecular complexity index is 947. The van der Waals surface area contributed by atoms with Crippen LogP contribution in [-0.2, 0) is 22.7 Å². The first kappa shape index (κ1) is 26.3. The standard InChI is InChI=1S/C28H40ClN3O2/c1-21(2)17-27(33)31(22(3)4)20-28(34)32(24-12-6-5-7-13-24)19-25-14-10-16-30(25)18-23-11-8-9-15-26(23)29/h8-11,14-16,21-22,24H,5-7,12-13,17-20H2,1-4H3. The predicted octanol–water partition coefficient (Wildman–Crippen LogP) is 6.13. The van der Waals surface area contributed by atoms with Crippen molar-refractivity contribution in [3.05, 3.63) is 58.9 Å². The van der Waals surface area contributed by atoms with Crippen molar-refractivity contribution in [1.82, 2.24) is 14.4 Å². The van der Waals surface area contributed by atoms with E-state index in [1.54, 1.807) is 4.90 Å². The zero-order valence-electron chi connectivity index (χ0n) is 21.2. The molecule has 1 fully saturated rings. The van der Waals surface area contributed by atoms with Crippen LogP contribution in [0.1, 0.15) is 77.5 Å². The van der Waals surface area contributed by atoms with E-state index in [0.29, 0.717) is 19.5 Å². The minimum atomic E-state index is -0.00695. The molecule has 0 atom stereocenters. The summed E-state index contributed by atoms with van der Waals surface area (Å²) in [5, 5.41) is 0.749. The molecule has 0 spiro atoms. The fraction of sp³-hybridized carbons (Fsp3) is 0.571. The zero-order chi connectivity index (χ0) is 24.7. The third kappa shape index (κ3) is 7.11. The molecule has 1 aliphatic carbocycles. The molecule has 186 valence electrons. The van der Waals surface area contributed by atoms with Gasteiger partial charge in [-0.3, -0.25) is 9.59 Å². The lowest BCUT2D eigenvalue weighted by atomic mass is 9.94. The molecule has 0 aliphatic heterocycles. The highest BCUT2D eigenvalue weighted by atomic mass is 35.5. The van der Waals surface area contributed by atoms with Crippen LogP contribution in [0.5, 0.6) is 0 Å². The number of hydrogen-bond donors (Lipinski definition) is 0. The largest absolute Gasteiger partial charge is 0.345 e. The van der Waals surface area contributed by atoms with E-state index in [9.17, 15) is 9.59 Å². The molecule has 1 heterocycles. The lowest BCUT2D eigenvalue weighted by molar-refractivity contribution is -0.144. The highest BCUT2D eigenvalue weighted by Crippen LogP contribution is 2.26. The van der Waals surface area contributed by atoms with Crippen LogP contribution in [-0.4, -0.2) is 44.8 Å². The molecule has 2 aromatic rings. The van der Waals surface area contributed by atoms with E-state index in [1.807, 2.05) is 62.9 Å². The topological polar surface area (TPSA) is 45.6 Å². The summed E-state index contributed by atoms with van der Waals surface area (Å²) in [6, 6.07) is 12.2. The average Bonchev–Trinajstić information content (AvgIpc) is 3.23. The number of benzene rings is 1. The Morgan fingerprint density at radius 2 is 1.71 bits per heavy atom. The van der Waals surface area contributed by atoms with Gasteiger partial charge in [-0.25, -0.2) is 0 Å².